The Hall–Kier alpha value is -7.58. The maximum absolute atomic E-state index is 6.72. The molecular weight excluding hydrogens is 871 g/mol. The molecule has 2 bridgehead atoms. The normalized spacial score (nSPS) is 28.0. The number of ether oxygens (including phenoxy) is 1. The van der Waals surface area contributed by atoms with Gasteiger partial charge in [-0.05, 0) is 122 Å². The van der Waals surface area contributed by atoms with Crippen molar-refractivity contribution in [3.63, 3.8) is 0 Å². The van der Waals surface area contributed by atoms with Gasteiger partial charge in [0.2, 0.25) is 0 Å². The number of amidine groups is 4. The summed E-state index contributed by atoms with van der Waals surface area (Å²) >= 11 is 0. The molecule has 0 saturated heterocycles. The standard InChI is InChI=1S/C63H57N7O/c1-38-31-45(50-37-53-49-27-14-15-28-55(49)71-57(53)47-32-46(50)33-47)36-52-51-35-44(63-68-60(41-21-10-4-11-22-41)65-61(69-63)42-23-12-5-13-24-42)29-30-54(51)70(56(38)52)48-26-16-25-43(34-48)62-66-58(39-17-6-2-7-18-39)64-59(67-62)40-19-8-3-9-20-40/h2-4,6-12,14-15,17-19,21-24,26-30,34-38,40,46-47,53,57,60,62H,5,13,16,20,25,31-33H2,1H3,(H,64,66,67)(H,65,68,69). The Morgan fingerprint density at radius 3 is 2.38 bits per heavy atom. The zero-order valence-electron chi connectivity index (χ0n) is 40.1. The van der Waals surface area contributed by atoms with Crippen LogP contribution in [-0.4, -0.2) is 40.2 Å². The van der Waals surface area contributed by atoms with Crippen molar-refractivity contribution in [2.45, 2.75) is 88.6 Å². The fourth-order valence-electron chi connectivity index (χ4n) is 12.7. The molecule has 15 rings (SSSR count). The van der Waals surface area contributed by atoms with Crippen molar-refractivity contribution in [3.8, 4) is 5.75 Å². The lowest BCUT2D eigenvalue weighted by Crippen LogP contribution is -2.41. The average molecular weight is 928 g/mol. The van der Waals surface area contributed by atoms with Gasteiger partial charge in [-0.15, -0.1) is 0 Å². The highest BCUT2D eigenvalue weighted by atomic mass is 16.5. The van der Waals surface area contributed by atoms with Gasteiger partial charge >= 0.3 is 0 Å². The van der Waals surface area contributed by atoms with Crippen molar-refractivity contribution in [3.05, 3.63) is 220 Å². The van der Waals surface area contributed by atoms with Gasteiger partial charge in [-0.25, -0.2) is 20.0 Å². The molecule has 0 amide bonds. The monoisotopic (exact) mass is 927 g/mol. The minimum atomic E-state index is -0.355. The molecule has 5 aromatic rings. The van der Waals surface area contributed by atoms with Gasteiger partial charge in [0.1, 0.15) is 35.2 Å². The molecule has 1 fully saturated rings. The van der Waals surface area contributed by atoms with Gasteiger partial charge in [-0.1, -0.05) is 140 Å². The molecule has 0 spiro atoms. The van der Waals surface area contributed by atoms with Crippen LogP contribution in [0.5, 0.6) is 5.75 Å². The lowest BCUT2D eigenvalue weighted by molar-refractivity contribution is 0.0741. The smallest absolute Gasteiger partial charge is 0.169 e. The minimum absolute atomic E-state index is 0.174. The van der Waals surface area contributed by atoms with E-state index < -0.39 is 0 Å². The summed E-state index contributed by atoms with van der Waals surface area (Å²) < 4.78 is 9.30. The van der Waals surface area contributed by atoms with Gasteiger partial charge in [0.25, 0.3) is 0 Å². The number of benzene rings is 4. The van der Waals surface area contributed by atoms with Crippen LogP contribution < -0.4 is 15.4 Å². The largest absolute Gasteiger partial charge is 0.489 e. The Bertz CT molecular complexity index is 3400. The van der Waals surface area contributed by atoms with Crippen LogP contribution in [0.1, 0.15) is 110 Å². The van der Waals surface area contributed by atoms with E-state index in [9.17, 15) is 0 Å². The van der Waals surface area contributed by atoms with Crippen LogP contribution in [0.3, 0.4) is 0 Å². The maximum Gasteiger partial charge on any atom is 0.169 e. The van der Waals surface area contributed by atoms with E-state index in [0.29, 0.717) is 11.8 Å². The summed E-state index contributed by atoms with van der Waals surface area (Å²) in [6.07, 6.45) is 33.2. The van der Waals surface area contributed by atoms with Crippen LogP contribution in [0.15, 0.2) is 206 Å². The van der Waals surface area contributed by atoms with Gasteiger partial charge in [-0.3, -0.25) is 0 Å². The van der Waals surface area contributed by atoms with Crippen LogP contribution in [0.25, 0.3) is 22.7 Å². The van der Waals surface area contributed by atoms with Crippen molar-refractivity contribution in [1.82, 2.24) is 15.2 Å². The number of fused-ring (bicyclic) bond motifs is 4. The van der Waals surface area contributed by atoms with Crippen molar-refractivity contribution >= 4 is 46.0 Å². The fourth-order valence-corrected chi connectivity index (χ4v) is 12.7. The van der Waals surface area contributed by atoms with Crippen LogP contribution in [0.4, 0.5) is 0 Å². The van der Waals surface area contributed by atoms with Crippen molar-refractivity contribution in [2.75, 3.05) is 0 Å². The molecule has 3 aliphatic heterocycles. The minimum Gasteiger partial charge on any atom is -0.489 e. The van der Waals surface area contributed by atoms with E-state index in [1.54, 1.807) is 0 Å². The molecule has 71 heavy (non-hydrogen) atoms. The van der Waals surface area contributed by atoms with Crippen molar-refractivity contribution in [2.24, 2.45) is 37.7 Å². The molecule has 0 radical (unpaired) electrons. The second-order valence-electron chi connectivity index (χ2n) is 20.7. The lowest BCUT2D eigenvalue weighted by Gasteiger charge is -2.39. The average Bonchev–Trinajstić information content (AvgIpc) is 3.84. The zero-order chi connectivity index (χ0) is 47.0. The summed E-state index contributed by atoms with van der Waals surface area (Å²) in [5, 5.41) is 8.63. The quantitative estimate of drug-likeness (QED) is 0.162. The first-order valence-electron chi connectivity index (χ1n) is 26.0. The van der Waals surface area contributed by atoms with E-state index in [1.165, 1.54) is 63.0 Å². The molecule has 2 N–H and O–H groups in total. The van der Waals surface area contributed by atoms with Crippen LogP contribution in [0.2, 0.25) is 0 Å². The number of rotatable bonds is 8. The molecule has 6 atom stereocenters. The number of nitrogens with zero attached hydrogens (tertiary/aromatic N) is 5. The van der Waals surface area contributed by atoms with Gasteiger partial charge in [0.05, 0.1) is 5.52 Å². The Labute approximate surface area is 415 Å². The van der Waals surface area contributed by atoms with E-state index >= 15 is 0 Å². The molecular formula is C63H57N7O. The Kier molecular flexibility index (Phi) is 10.4. The van der Waals surface area contributed by atoms with Crippen molar-refractivity contribution in [1.29, 1.82) is 0 Å². The molecule has 6 unspecified atom stereocenters. The molecule has 4 heterocycles. The maximum atomic E-state index is 6.72. The molecule has 10 aliphatic rings. The summed E-state index contributed by atoms with van der Waals surface area (Å²) in [6.45, 7) is 2.45. The summed E-state index contributed by atoms with van der Waals surface area (Å²) in [6, 6.07) is 36.7. The SMILES string of the molecule is CC1CC(C2=CC3c4ccccc4OC3C3CC2C3)=Cc2c1n(C1=CCCC(C3N=C(c4ccccc4)NC(C4C=CC=CC4)=N3)=C1)c1ccc(C3=NC(c4ccccc4)N=C(C4=CCCC=C4)N3)cc21. The molecule has 350 valence electrons. The topological polar surface area (TPSA) is 87.7 Å². The van der Waals surface area contributed by atoms with E-state index in [1.807, 2.05) is 0 Å². The second kappa shape index (κ2) is 17.4. The zero-order valence-corrected chi connectivity index (χ0v) is 40.1. The van der Waals surface area contributed by atoms with Gasteiger partial charge in [-0.2, -0.15) is 0 Å². The number of para-hydroxylation sites is 1. The third kappa shape index (κ3) is 7.49. The highest BCUT2D eigenvalue weighted by Gasteiger charge is 2.49. The van der Waals surface area contributed by atoms with Gasteiger partial charge in [0, 0.05) is 62.4 Å². The first-order valence-corrected chi connectivity index (χ1v) is 26.0. The molecule has 1 saturated carbocycles. The predicted molar refractivity (Wildman–Crippen MR) is 289 cm³/mol. The predicted octanol–water partition coefficient (Wildman–Crippen LogP) is 13.2. The van der Waals surface area contributed by atoms with Gasteiger partial charge in [0.15, 0.2) is 12.3 Å². The number of hydrogen-bond donors (Lipinski definition) is 2. The van der Waals surface area contributed by atoms with E-state index in [2.05, 4.69) is 192 Å². The molecule has 8 heteroatoms. The number of hydrogen-bond acceptors (Lipinski definition) is 7. The Morgan fingerprint density at radius 1 is 0.718 bits per heavy atom. The van der Waals surface area contributed by atoms with Gasteiger partial charge < -0.3 is 19.9 Å². The first-order chi connectivity index (χ1) is 35.1. The number of aromatic nitrogens is 1. The Morgan fingerprint density at radius 2 is 1.54 bits per heavy atom. The molecule has 8 nitrogen and oxygen atoms in total. The van der Waals surface area contributed by atoms with Crippen molar-refractivity contribution < 1.29 is 4.74 Å². The highest BCUT2D eigenvalue weighted by Crippen LogP contribution is 2.57. The summed E-state index contributed by atoms with van der Waals surface area (Å²) in [5.41, 5.74) is 15.0. The fraction of sp³-hybridized carbons (Fsp3) is 0.270. The number of nitrogens with one attached hydrogen (secondary N) is 2. The third-order valence-electron chi connectivity index (χ3n) is 16.3. The van der Waals surface area contributed by atoms with Crippen LogP contribution >= 0.6 is 0 Å². The van der Waals surface area contributed by atoms with Crippen LogP contribution in [-0.2, 0) is 0 Å². The third-order valence-corrected chi connectivity index (χ3v) is 16.3. The first kappa shape index (κ1) is 42.3. The summed E-state index contributed by atoms with van der Waals surface area (Å²) in [4.78, 5) is 21.3. The summed E-state index contributed by atoms with van der Waals surface area (Å²) in [7, 11) is 0. The molecule has 1 aromatic heterocycles. The highest BCUT2D eigenvalue weighted by molar-refractivity contribution is 6.18. The molecule has 7 aliphatic carbocycles. The number of aliphatic imine (C=N–C) groups is 4. The second-order valence-corrected chi connectivity index (χ2v) is 20.7. The van der Waals surface area contributed by atoms with E-state index in [0.717, 1.165) is 89.9 Å². The number of allylic oxidation sites excluding steroid dienone is 10. The lowest BCUT2D eigenvalue weighted by atomic mass is 9.67. The summed E-state index contributed by atoms with van der Waals surface area (Å²) in [5.74, 6) is 6.50. The van der Waals surface area contributed by atoms with E-state index in [-0.39, 0.29) is 36.2 Å². The Balaban J connectivity index is 0.910. The van der Waals surface area contributed by atoms with E-state index in [4.69, 9.17) is 24.7 Å². The molecule has 4 aromatic carbocycles. The van der Waals surface area contributed by atoms with Crippen LogP contribution in [0, 0.1) is 17.8 Å².